The first kappa shape index (κ1) is 11.7. The Morgan fingerprint density at radius 3 is 2.76 bits per heavy atom. The summed E-state index contributed by atoms with van der Waals surface area (Å²) < 4.78 is 0. The highest BCUT2D eigenvalue weighted by atomic mass is 32.1. The fourth-order valence-electron chi connectivity index (χ4n) is 1.95. The number of nitriles is 1. The quantitative estimate of drug-likeness (QED) is 0.711. The highest BCUT2D eigenvalue weighted by Crippen LogP contribution is 2.37. The van der Waals surface area contributed by atoms with Gasteiger partial charge in [0.2, 0.25) is 5.91 Å². The minimum Gasteiger partial charge on any atom is -0.301 e. The van der Waals surface area contributed by atoms with E-state index in [4.69, 9.17) is 11.7 Å². The number of hydrogen-bond acceptors (Lipinski definition) is 3. The van der Waals surface area contributed by atoms with E-state index in [-0.39, 0.29) is 11.8 Å². The van der Waals surface area contributed by atoms with E-state index < -0.39 is 0 Å². The SMILES string of the molecule is C#CC1CC(=O)N(c2sc(C)c(C)c2C#N)C1. The molecule has 2 heterocycles. The van der Waals surface area contributed by atoms with Crippen LogP contribution in [0.4, 0.5) is 5.00 Å². The van der Waals surface area contributed by atoms with Gasteiger partial charge in [0.05, 0.1) is 5.56 Å². The van der Waals surface area contributed by atoms with E-state index in [9.17, 15) is 4.79 Å². The summed E-state index contributed by atoms with van der Waals surface area (Å²) >= 11 is 1.49. The second-order valence-corrected chi connectivity index (χ2v) is 5.35. The smallest absolute Gasteiger partial charge is 0.228 e. The van der Waals surface area contributed by atoms with Crippen LogP contribution in [0.2, 0.25) is 0 Å². The zero-order valence-electron chi connectivity index (χ0n) is 9.78. The number of carbonyl (C=O) groups is 1. The molecule has 0 bridgehead atoms. The molecule has 0 N–H and O–H groups in total. The normalized spacial score (nSPS) is 19.2. The van der Waals surface area contributed by atoms with Gasteiger partial charge in [0, 0.05) is 23.8 Å². The maximum absolute atomic E-state index is 11.9. The Labute approximate surface area is 105 Å². The Morgan fingerprint density at radius 2 is 2.24 bits per heavy atom. The molecule has 1 unspecified atom stereocenters. The van der Waals surface area contributed by atoms with Gasteiger partial charge in [-0.25, -0.2) is 0 Å². The van der Waals surface area contributed by atoms with Gasteiger partial charge in [-0.1, -0.05) is 0 Å². The Balaban J connectivity index is 2.43. The van der Waals surface area contributed by atoms with Crippen molar-refractivity contribution in [2.24, 2.45) is 5.92 Å². The monoisotopic (exact) mass is 244 g/mol. The Morgan fingerprint density at radius 1 is 1.53 bits per heavy atom. The molecule has 1 aromatic rings. The lowest BCUT2D eigenvalue weighted by atomic mass is 10.1. The van der Waals surface area contributed by atoms with E-state index in [0.717, 1.165) is 15.4 Å². The summed E-state index contributed by atoms with van der Waals surface area (Å²) in [5.41, 5.74) is 1.57. The molecule has 86 valence electrons. The predicted molar refractivity (Wildman–Crippen MR) is 67.8 cm³/mol. The van der Waals surface area contributed by atoms with Crippen LogP contribution in [0.25, 0.3) is 0 Å². The van der Waals surface area contributed by atoms with E-state index in [2.05, 4.69) is 12.0 Å². The number of aryl methyl sites for hydroxylation is 1. The molecule has 1 amide bonds. The molecule has 2 rings (SSSR count). The second kappa shape index (κ2) is 4.24. The highest BCUT2D eigenvalue weighted by molar-refractivity contribution is 7.16. The summed E-state index contributed by atoms with van der Waals surface area (Å²) in [6.07, 6.45) is 5.74. The molecular weight excluding hydrogens is 232 g/mol. The standard InChI is InChI=1S/C13H12N2OS/c1-4-10-5-12(16)15(7-10)13-11(6-14)8(2)9(3)17-13/h1,10H,5,7H2,2-3H3. The number of anilines is 1. The molecule has 0 saturated carbocycles. The van der Waals surface area contributed by atoms with Crippen LogP contribution < -0.4 is 4.90 Å². The van der Waals surface area contributed by atoms with Gasteiger partial charge in [-0.05, 0) is 19.4 Å². The van der Waals surface area contributed by atoms with E-state index in [1.54, 1.807) is 4.90 Å². The molecule has 1 atom stereocenters. The predicted octanol–water partition coefficient (Wildman–Crippen LogP) is 2.22. The minimum atomic E-state index is -0.0308. The van der Waals surface area contributed by atoms with Crippen LogP contribution in [0.3, 0.4) is 0 Å². The van der Waals surface area contributed by atoms with Crippen LogP contribution in [0.5, 0.6) is 0 Å². The number of rotatable bonds is 1. The first-order valence-electron chi connectivity index (χ1n) is 5.35. The van der Waals surface area contributed by atoms with Gasteiger partial charge >= 0.3 is 0 Å². The Bertz CT molecular complexity index is 559. The fourth-order valence-corrected chi connectivity index (χ4v) is 3.08. The molecule has 17 heavy (non-hydrogen) atoms. The molecular formula is C13H12N2OS. The van der Waals surface area contributed by atoms with Gasteiger partial charge in [-0.2, -0.15) is 5.26 Å². The van der Waals surface area contributed by atoms with Crippen LogP contribution in [-0.2, 0) is 4.79 Å². The summed E-state index contributed by atoms with van der Waals surface area (Å²) in [5, 5.41) is 9.92. The first-order valence-corrected chi connectivity index (χ1v) is 6.16. The molecule has 1 fully saturated rings. The van der Waals surface area contributed by atoms with Crippen molar-refractivity contribution in [3.05, 3.63) is 16.0 Å². The number of terminal acetylenes is 1. The van der Waals surface area contributed by atoms with Crippen LogP contribution >= 0.6 is 11.3 Å². The number of amides is 1. The Hall–Kier alpha value is -1.78. The van der Waals surface area contributed by atoms with E-state index in [1.807, 2.05) is 13.8 Å². The summed E-state index contributed by atoms with van der Waals surface area (Å²) in [6, 6.07) is 2.18. The maximum atomic E-state index is 11.9. The molecule has 1 saturated heterocycles. The van der Waals surface area contributed by atoms with Crippen molar-refractivity contribution in [1.29, 1.82) is 5.26 Å². The third kappa shape index (κ3) is 1.81. The van der Waals surface area contributed by atoms with Crippen LogP contribution in [0.15, 0.2) is 0 Å². The summed E-state index contributed by atoms with van der Waals surface area (Å²) in [5.74, 6) is 2.60. The van der Waals surface area contributed by atoms with E-state index in [0.29, 0.717) is 18.5 Å². The van der Waals surface area contributed by atoms with Gasteiger partial charge in [0.15, 0.2) is 0 Å². The topological polar surface area (TPSA) is 44.1 Å². The molecule has 0 radical (unpaired) electrons. The molecule has 1 aliphatic heterocycles. The molecule has 1 aliphatic rings. The van der Waals surface area contributed by atoms with Crippen LogP contribution in [-0.4, -0.2) is 12.5 Å². The van der Waals surface area contributed by atoms with Gasteiger partial charge < -0.3 is 4.90 Å². The van der Waals surface area contributed by atoms with Crippen molar-refractivity contribution in [3.63, 3.8) is 0 Å². The molecule has 4 heteroatoms. The average Bonchev–Trinajstić information content (AvgIpc) is 2.81. The fraction of sp³-hybridized carbons (Fsp3) is 0.385. The van der Waals surface area contributed by atoms with Gasteiger partial charge in [-0.15, -0.1) is 23.7 Å². The van der Waals surface area contributed by atoms with Crippen molar-refractivity contribution >= 4 is 22.2 Å². The lowest BCUT2D eigenvalue weighted by molar-refractivity contribution is -0.117. The number of carbonyl (C=O) groups excluding carboxylic acids is 1. The van der Waals surface area contributed by atoms with Gasteiger partial charge in [0.1, 0.15) is 11.1 Å². The van der Waals surface area contributed by atoms with Crippen molar-refractivity contribution in [2.45, 2.75) is 20.3 Å². The molecule has 3 nitrogen and oxygen atoms in total. The number of nitrogens with zero attached hydrogens (tertiary/aromatic N) is 2. The van der Waals surface area contributed by atoms with Crippen molar-refractivity contribution in [2.75, 3.05) is 11.4 Å². The third-order valence-corrected chi connectivity index (χ3v) is 4.31. The zero-order valence-corrected chi connectivity index (χ0v) is 10.6. The molecule has 1 aromatic heterocycles. The number of thiophene rings is 1. The molecule has 0 spiro atoms. The number of hydrogen-bond donors (Lipinski definition) is 0. The third-order valence-electron chi connectivity index (χ3n) is 3.08. The zero-order chi connectivity index (χ0) is 12.6. The van der Waals surface area contributed by atoms with Gasteiger partial charge in [-0.3, -0.25) is 4.79 Å². The first-order chi connectivity index (χ1) is 8.08. The summed E-state index contributed by atoms with van der Waals surface area (Å²) in [6.45, 7) is 4.40. The minimum absolute atomic E-state index is 0.0192. The molecule has 0 aliphatic carbocycles. The van der Waals surface area contributed by atoms with Gasteiger partial charge in [0.25, 0.3) is 0 Å². The second-order valence-electron chi connectivity index (χ2n) is 4.15. The lowest BCUT2D eigenvalue weighted by Gasteiger charge is -2.13. The summed E-state index contributed by atoms with van der Waals surface area (Å²) in [4.78, 5) is 14.6. The Kier molecular flexibility index (Phi) is 2.92. The average molecular weight is 244 g/mol. The van der Waals surface area contributed by atoms with E-state index in [1.165, 1.54) is 11.3 Å². The van der Waals surface area contributed by atoms with Crippen LogP contribution in [0.1, 0.15) is 22.4 Å². The lowest BCUT2D eigenvalue weighted by Crippen LogP contribution is -2.24. The van der Waals surface area contributed by atoms with Crippen molar-refractivity contribution in [3.8, 4) is 18.4 Å². The summed E-state index contributed by atoms with van der Waals surface area (Å²) in [7, 11) is 0. The molecule has 0 aromatic carbocycles. The van der Waals surface area contributed by atoms with Crippen molar-refractivity contribution in [1.82, 2.24) is 0 Å². The van der Waals surface area contributed by atoms with E-state index >= 15 is 0 Å². The largest absolute Gasteiger partial charge is 0.301 e. The highest BCUT2D eigenvalue weighted by Gasteiger charge is 2.32. The maximum Gasteiger partial charge on any atom is 0.228 e. The van der Waals surface area contributed by atoms with Crippen LogP contribution in [0, 0.1) is 43.4 Å². The van der Waals surface area contributed by atoms with Crippen molar-refractivity contribution < 1.29 is 4.79 Å².